The van der Waals surface area contributed by atoms with Gasteiger partial charge in [0, 0.05) is 11.7 Å². The maximum absolute atomic E-state index is 12.1. The first-order valence-electron chi connectivity index (χ1n) is 5.96. The Morgan fingerprint density at radius 1 is 1.06 bits per heavy atom. The van der Waals surface area contributed by atoms with Crippen molar-refractivity contribution >= 4 is 28.1 Å². The van der Waals surface area contributed by atoms with Gasteiger partial charge in [0.2, 0.25) is 10.0 Å². The standard InChI is InChI=1S/C12H18N2O2S.ClH/c13-10-6-8-12(9-7-10)17(15,16)14-11-4-2-1-3-5-11;/h6-9,11,14H,1-5,13H2;1H. The highest BCUT2D eigenvalue weighted by molar-refractivity contribution is 7.89. The van der Waals surface area contributed by atoms with Gasteiger partial charge in [0.1, 0.15) is 0 Å². The van der Waals surface area contributed by atoms with Gasteiger partial charge in [0.15, 0.2) is 0 Å². The number of halogens is 1. The number of nitrogen functional groups attached to an aromatic ring is 1. The molecule has 1 fully saturated rings. The molecule has 1 aliphatic carbocycles. The fourth-order valence-electron chi connectivity index (χ4n) is 2.15. The molecule has 0 saturated heterocycles. The zero-order valence-corrected chi connectivity index (χ0v) is 11.8. The van der Waals surface area contributed by atoms with Crippen LogP contribution in [0.1, 0.15) is 32.1 Å². The van der Waals surface area contributed by atoms with Crippen LogP contribution in [0.2, 0.25) is 0 Å². The van der Waals surface area contributed by atoms with Gasteiger partial charge in [0.05, 0.1) is 4.90 Å². The molecule has 0 unspecified atom stereocenters. The van der Waals surface area contributed by atoms with E-state index < -0.39 is 10.0 Å². The van der Waals surface area contributed by atoms with Crippen molar-refractivity contribution < 1.29 is 8.42 Å². The SMILES string of the molecule is Cl.Nc1ccc(S(=O)(=O)NC2CCCCC2)cc1. The Morgan fingerprint density at radius 2 is 1.61 bits per heavy atom. The monoisotopic (exact) mass is 290 g/mol. The van der Waals surface area contributed by atoms with Gasteiger partial charge < -0.3 is 5.73 Å². The average molecular weight is 291 g/mol. The molecule has 1 saturated carbocycles. The van der Waals surface area contributed by atoms with Gasteiger partial charge in [-0.3, -0.25) is 0 Å². The third-order valence-electron chi connectivity index (χ3n) is 3.12. The number of nitrogens with one attached hydrogen (secondary N) is 1. The van der Waals surface area contributed by atoms with Gasteiger partial charge >= 0.3 is 0 Å². The minimum absolute atomic E-state index is 0. The van der Waals surface area contributed by atoms with Crippen LogP contribution in [0.4, 0.5) is 5.69 Å². The molecule has 2 rings (SSSR count). The van der Waals surface area contributed by atoms with Crippen LogP contribution in [0.25, 0.3) is 0 Å². The summed E-state index contributed by atoms with van der Waals surface area (Å²) in [4.78, 5) is 0.289. The number of sulfonamides is 1. The molecule has 102 valence electrons. The van der Waals surface area contributed by atoms with Crippen molar-refractivity contribution in [2.24, 2.45) is 0 Å². The average Bonchev–Trinajstić information content (AvgIpc) is 2.30. The maximum atomic E-state index is 12.1. The van der Waals surface area contributed by atoms with E-state index in [2.05, 4.69) is 4.72 Å². The highest BCUT2D eigenvalue weighted by atomic mass is 35.5. The topological polar surface area (TPSA) is 72.2 Å². The number of anilines is 1. The molecule has 0 aromatic heterocycles. The highest BCUT2D eigenvalue weighted by Crippen LogP contribution is 2.20. The van der Waals surface area contributed by atoms with Crippen molar-refractivity contribution in [1.29, 1.82) is 0 Å². The third kappa shape index (κ3) is 3.86. The van der Waals surface area contributed by atoms with Crippen molar-refractivity contribution in [2.45, 2.75) is 43.0 Å². The van der Waals surface area contributed by atoms with Gasteiger partial charge in [0.25, 0.3) is 0 Å². The smallest absolute Gasteiger partial charge is 0.240 e. The van der Waals surface area contributed by atoms with E-state index in [0.717, 1.165) is 25.7 Å². The maximum Gasteiger partial charge on any atom is 0.240 e. The summed E-state index contributed by atoms with van der Waals surface area (Å²) in [6.07, 6.45) is 5.30. The van der Waals surface area contributed by atoms with E-state index >= 15 is 0 Å². The van der Waals surface area contributed by atoms with Crippen LogP contribution >= 0.6 is 12.4 Å². The van der Waals surface area contributed by atoms with Crippen LogP contribution in [0.5, 0.6) is 0 Å². The second kappa shape index (κ2) is 6.41. The van der Waals surface area contributed by atoms with E-state index in [0.29, 0.717) is 5.69 Å². The number of benzene rings is 1. The zero-order valence-electron chi connectivity index (χ0n) is 10.1. The van der Waals surface area contributed by atoms with E-state index in [9.17, 15) is 8.42 Å². The molecule has 0 radical (unpaired) electrons. The van der Waals surface area contributed by atoms with E-state index in [1.807, 2.05) is 0 Å². The second-order valence-electron chi connectivity index (χ2n) is 4.53. The van der Waals surface area contributed by atoms with Crippen LogP contribution in [0.15, 0.2) is 29.2 Å². The van der Waals surface area contributed by atoms with Crippen molar-refractivity contribution in [3.8, 4) is 0 Å². The molecule has 1 aliphatic rings. The lowest BCUT2D eigenvalue weighted by Gasteiger charge is -2.22. The van der Waals surface area contributed by atoms with Gasteiger partial charge in [-0.1, -0.05) is 19.3 Å². The van der Waals surface area contributed by atoms with Gasteiger partial charge in [-0.2, -0.15) is 0 Å². The first kappa shape index (κ1) is 15.3. The Bertz CT molecular complexity index is 467. The summed E-state index contributed by atoms with van der Waals surface area (Å²) < 4.78 is 26.9. The fourth-order valence-corrected chi connectivity index (χ4v) is 3.46. The van der Waals surface area contributed by atoms with Crippen molar-refractivity contribution in [3.05, 3.63) is 24.3 Å². The number of hydrogen-bond donors (Lipinski definition) is 2. The molecule has 0 atom stereocenters. The van der Waals surface area contributed by atoms with Crippen LogP contribution in [0, 0.1) is 0 Å². The Labute approximate surface area is 114 Å². The summed E-state index contributed by atoms with van der Waals surface area (Å²) in [5.41, 5.74) is 6.11. The molecule has 6 heteroatoms. The minimum Gasteiger partial charge on any atom is -0.399 e. The number of hydrogen-bond acceptors (Lipinski definition) is 3. The normalized spacial score (nSPS) is 17.1. The predicted molar refractivity (Wildman–Crippen MR) is 75.3 cm³/mol. The quantitative estimate of drug-likeness (QED) is 0.839. The highest BCUT2D eigenvalue weighted by Gasteiger charge is 2.21. The number of rotatable bonds is 3. The predicted octanol–water partition coefficient (Wildman–Crippen LogP) is 2.30. The van der Waals surface area contributed by atoms with Gasteiger partial charge in [-0.05, 0) is 37.1 Å². The summed E-state index contributed by atoms with van der Waals surface area (Å²) in [5, 5.41) is 0. The van der Waals surface area contributed by atoms with E-state index in [1.54, 1.807) is 24.3 Å². The van der Waals surface area contributed by atoms with Gasteiger partial charge in [-0.25, -0.2) is 13.1 Å². The molecule has 0 bridgehead atoms. The zero-order chi connectivity index (χ0) is 12.3. The Morgan fingerprint density at radius 3 is 2.17 bits per heavy atom. The summed E-state index contributed by atoms with van der Waals surface area (Å²) >= 11 is 0. The van der Waals surface area contributed by atoms with E-state index in [1.165, 1.54) is 6.42 Å². The number of nitrogens with two attached hydrogens (primary N) is 1. The molecule has 3 N–H and O–H groups in total. The molecule has 0 aliphatic heterocycles. The first-order chi connectivity index (χ1) is 8.08. The molecule has 4 nitrogen and oxygen atoms in total. The van der Waals surface area contributed by atoms with E-state index in [-0.39, 0.29) is 23.3 Å². The Kier molecular flexibility index (Phi) is 5.44. The third-order valence-corrected chi connectivity index (χ3v) is 4.65. The molecule has 1 aromatic rings. The first-order valence-corrected chi connectivity index (χ1v) is 7.44. The summed E-state index contributed by atoms with van der Waals surface area (Å²) in [6, 6.07) is 6.39. The van der Waals surface area contributed by atoms with E-state index in [4.69, 9.17) is 5.73 Å². The van der Waals surface area contributed by atoms with Crippen LogP contribution in [-0.4, -0.2) is 14.5 Å². The molecular weight excluding hydrogens is 272 g/mol. The minimum atomic E-state index is -3.38. The summed E-state index contributed by atoms with van der Waals surface area (Å²) in [7, 11) is -3.38. The molecule has 1 aromatic carbocycles. The molecule has 0 spiro atoms. The van der Waals surface area contributed by atoms with Crippen LogP contribution < -0.4 is 10.5 Å². The lowest BCUT2D eigenvalue weighted by molar-refractivity contribution is 0.412. The molecule has 0 heterocycles. The summed E-state index contributed by atoms with van der Waals surface area (Å²) in [6.45, 7) is 0. The second-order valence-corrected chi connectivity index (χ2v) is 6.24. The Balaban J connectivity index is 0.00000162. The van der Waals surface area contributed by atoms with Crippen molar-refractivity contribution in [3.63, 3.8) is 0 Å². The molecular formula is C12H19ClN2O2S. The lowest BCUT2D eigenvalue weighted by atomic mass is 9.96. The van der Waals surface area contributed by atoms with Crippen LogP contribution in [-0.2, 0) is 10.0 Å². The van der Waals surface area contributed by atoms with Crippen molar-refractivity contribution in [2.75, 3.05) is 5.73 Å². The molecule has 0 amide bonds. The van der Waals surface area contributed by atoms with Gasteiger partial charge in [-0.15, -0.1) is 12.4 Å². The fraction of sp³-hybridized carbons (Fsp3) is 0.500. The van der Waals surface area contributed by atoms with Crippen molar-refractivity contribution in [1.82, 2.24) is 4.72 Å². The van der Waals surface area contributed by atoms with Crippen LogP contribution in [0.3, 0.4) is 0 Å². The lowest BCUT2D eigenvalue weighted by Crippen LogP contribution is -2.36. The summed E-state index contributed by atoms with van der Waals surface area (Å²) in [5.74, 6) is 0. The Hall–Kier alpha value is -0.780. The largest absolute Gasteiger partial charge is 0.399 e. The molecule has 18 heavy (non-hydrogen) atoms.